The molecule has 4 rings (SSSR count). The summed E-state index contributed by atoms with van der Waals surface area (Å²) >= 11 is 0. The van der Waals surface area contributed by atoms with Crippen LogP contribution in [0.25, 0.3) is 5.65 Å². The van der Waals surface area contributed by atoms with Gasteiger partial charge in [-0.15, -0.1) is 5.10 Å². The minimum Gasteiger partial charge on any atom is -0.376 e. The van der Waals surface area contributed by atoms with Gasteiger partial charge in [0.15, 0.2) is 5.69 Å². The molecule has 1 aliphatic heterocycles. The van der Waals surface area contributed by atoms with E-state index in [-0.39, 0.29) is 12.0 Å². The van der Waals surface area contributed by atoms with Crippen molar-refractivity contribution in [1.29, 1.82) is 0 Å². The molecule has 1 N–H and O–H groups in total. The third kappa shape index (κ3) is 3.69. The molecule has 0 saturated carbocycles. The van der Waals surface area contributed by atoms with Gasteiger partial charge in [0.2, 0.25) is 0 Å². The van der Waals surface area contributed by atoms with Crippen LogP contribution in [-0.4, -0.2) is 49.5 Å². The standard InChI is InChI=1S/C17H20N6O2/c24-17(15-12-23(21-20-15)11-14-4-3-9-25-14)18-7-6-13-10-22-8-2-1-5-16(22)19-13/h1-2,5,8,10,12,14H,3-4,6-7,9,11H2,(H,18,24). The molecule has 8 heteroatoms. The highest BCUT2D eigenvalue weighted by Crippen LogP contribution is 2.13. The SMILES string of the molecule is O=C(NCCc1cn2ccccc2n1)c1cn(CC2CCCO2)nn1. The van der Waals surface area contributed by atoms with Crippen LogP contribution in [0.3, 0.4) is 0 Å². The van der Waals surface area contributed by atoms with Crippen molar-refractivity contribution in [3.8, 4) is 0 Å². The Labute approximate surface area is 144 Å². The Morgan fingerprint density at radius 3 is 3.16 bits per heavy atom. The number of carbonyl (C=O) groups excluding carboxylic acids is 1. The summed E-state index contributed by atoms with van der Waals surface area (Å²) in [5.41, 5.74) is 2.17. The summed E-state index contributed by atoms with van der Waals surface area (Å²) in [5.74, 6) is -0.220. The molecule has 0 aliphatic carbocycles. The van der Waals surface area contributed by atoms with Crippen molar-refractivity contribution in [3.63, 3.8) is 0 Å². The number of nitrogens with zero attached hydrogens (tertiary/aromatic N) is 5. The van der Waals surface area contributed by atoms with Gasteiger partial charge in [0.05, 0.1) is 24.5 Å². The second-order valence-corrected chi connectivity index (χ2v) is 6.17. The van der Waals surface area contributed by atoms with Crippen molar-refractivity contribution in [2.45, 2.75) is 31.9 Å². The molecule has 0 bridgehead atoms. The van der Waals surface area contributed by atoms with Gasteiger partial charge >= 0.3 is 0 Å². The average Bonchev–Trinajstić information content (AvgIpc) is 3.35. The van der Waals surface area contributed by atoms with Crippen LogP contribution in [0.2, 0.25) is 0 Å². The van der Waals surface area contributed by atoms with Gasteiger partial charge in [-0.25, -0.2) is 9.67 Å². The molecule has 3 aromatic rings. The van der Waals surface area contributed by atoms with Crippen LogP contribution in [0.5, 0.6) is 0 Å². The van der Waals surface area contributed by atoms with Gasteiger partial charge < -0.3 is 14.5 Å². The molecular weight excluding hydrogens is 320 g/mol. The molecule has 25 heavy (non-hydrogen) atoms. The maximum Gasteiger partial charge on any atom is 0.273 e. The van der Waals surface area contributed by atoms with E-state index in [1.165, 1.54) is 0 Å². The topological polar surface area (TPSA) is 86.3 Å². The first-order valence-corrected chi connectivity index (χ1v) is 8.50. The van der Waals surface area contributed by atoms with Crippen LogP contribution in [0.4, 0.5) is 0 Å². The van der Waals surface area contributed by atoms with Crippen molar-refractivity contribution < 1.29 is 9.53 Å². The van der Waals surface area contributed by atoms with Crippen LogP contribution in [0.1, 0.15) is 29.0 Å². The number of carbonyl (C=O) groups is 1. The van der Waals surface area contributed by atoms with Gasteiger partial charge in [0.25, 0.3) is 5.91 Å². The molecular formula is C17H20N6O2. The fourth-order valence-electron chi connectivity index (χ4n) is 2.99. The number of hydrogen-bond acceptors (Lipinski definition) is 5. The van der Waals surface area contributed by atoms with E-state index in [1.807, 2.05) is 35.0 Å². The minimum atomic E-state index is -0.220. The quantitative estimate of drug-likeness (QED) is 0.725. The fourth-order valence-corrected chi connectivity index (χ4v) is 2.99. The molecule has 1 aliphatic rings. The molecule has 8 nitrogen and oxygen atoms in total. The van der Waals surface area contributed by atoms with Gasteiger partial charge in [-0.2, -0.15) is 0 Å². The highest BCUT2D eigenvalue weighted by atomic mass is 16.5. The normalized spacial score (nSPS) is 17.2. The van der Waals surface area contributed by atoms with Crippen LogP contribution in [0.15, 0.2) is 36.8 Å². The number of aromatic nitrogens is 5. The van der Waals surface area contributed by atoms with E-state index in [1.54, 1.807) is 10.9 Å². The summed E-state index contributed by atoms with van der Waals surface area (Å²) < 4.78 is 9.21. The second kappa shape index (κ2) is 7.02. The predicted molar refractivity (Wildman–Crippen MR) is 90.2 cm³/mol. The monoisotopic (exact) mass is 340 g/mol. The predicted octanol–water partition coefficient (Wildman–Crippen LogP) is 1.08. The van der Waals surface area contributed by atoms with Crippen LogP contribution in [-0.2, 0) is 17.7 Å². The molecule has 1 atom stereocenters. The van der Waals surface area contributed by atoms with Gasteiger partial charge in [-0.1, -0.05) is 11.3 Å². The molecule has 0 spiro atoms. The van der Waals surface area contributed by atoms with Gasteiger partial charge in [-0.3, -0.25) is 4.79 Å². The van der Waals surface area contributed by atoms with Crippen LogP contribution < -0.4 is 5.32 Å². The summed E-state index contributed by atoms with van der Waals surface area (Å²) in [4.78, 5) is 16.7. The second-order valence-electron chi connectivity index (χ2n) is 6.17. The maximum absolute atomic E-state index is 12.2. The third-order valence-corrected chi connectivity index (χ3v) is 4.27. The number of fused-ring (bicyclic) bond motifs is 1. The fraction of sp³-hybridized carbons (Fsp3) is 0.412. The Morgan fingerprint density at radius 1 is 1.36 bits per heavy atom. The lowest BCUT2D eigenvalue weighted by Crippen LogP contribution is -2.26. The Morgan fingerprint density at radius 2 is 2.32 bits per heavy atom. The minimum absolute atomic E-state index is 0.174. The Kier molecular flexibility index (Phi) is 4.43. The number of amides is 1. The van der Waals surface area contributed by atoms with Crippen LogP contribution >= 0.6 is 0 Å². The summed E-state index contributed by atoms with van der Waals surface area (Å²) in [7, 11) is 0. The van der Waals surface area contributed by atoms with Gasteiger partial charge in [0.1, 0.15) is 5.65 Å². The lowest BCUT2D eigenvalue weighted by atomic mass is 10.2. The highest BCUT2D eigenvalue weighted by molar-refractivity contribution is 5.91. The number of nitrogens with one attached hydrogen (secondary N) is 1. The number of rotatable bonds is 6. The molecule has 1 fully saturated rings. The van der Waals surface area contributed by atoms with Crippen molar-refractivity contribution in [1.82, 2.24) is 29.7 Å². The summed E-state index contributed by atoms with van der Waals surface area (Å²) in [5, 5.41) is 10.8. The summed E-state index contributed by atoms with van der Waals surface area (Å²) in [6.07, 6.45) is 8.54. The average molecular weight is 340 g/mol. The third-order valence-electron chi connectivity index (χ3n) is 4.27. The molecule has 3 aromatic heterocycles. The van der Waals surface area contributed by atoms with Gasteiger partial charge in [0, 0.05) is 32.0 Å². The van der Waals surface area contributed by atoms with E-state index in [9.17, 15) is 4.79 Å². The zero-order valence-electron chi connectivity index (χ0n) is 13.8. The highest BCUT2D eigenvalue weighted by Gasteiger charge is 2.18. The zero-order chi connectivity index (χ0) is 17.1. The number of pyridine rings is 1. The molecule has 1 saturated heterocycles. The maximum atomic E-state index is 12.2. The number of ether oxygens (including phenoxy) is 1. The van der Waals surface area contributed by atoms with E-state index in [0.29, 0.717) is 25.2 Å². The Bertz CT molecular complexity index is 832. The largest absolute Gasteiger partial charge is 0.376 e. The Hall–Kier alpha value is -2.74. The van der Waals surface area contributed by atoms with Crippen LogP contribution in [0, 0.1) is 0 Å². The van der Waals surface area contributed by atoms with Crippen molar-refractivity contribution in [2.75, 3.05) is 13.2 Å². The lowest BCUT2D eigenvalue weighted by molar-refractivity contribution is 0.0930. The molecule has 130 valence electrons. The smallest absolute Gasteiger partial charge is 0.273 e. The van der Waals surface area contributed by atoms with E-state index < -0.39 is 0 Å². The lowest BCUT2D eigenvalue weighted by Gasteiger charge is -2.07. The molecule has 4 heterocycles. The summed E-state index contributed by atoms with van der Waals surface area (Å²) in [6.45, 7) is 1.94. The van der Waals surface area contributed by atoms with Crippen molar-refractivity contribution >= 4 is 11.6 Å². The molecule has 0 aromatic carbocycles. The zero-order valence-corrected chi connectivity index (χ0v) is 13.8. The van der Waals surface area contributed by atoms with Crippen molar-refractivity contribution in [3.05, 3.63) is 48.2 Å². The van der Waals surface area contributed by atoms with Crippen molar-refractivity contribution in [2.24, 2.45) is 0 Å². The number of hydrogen-bond donors (Lipinski definition) is 1. The first-order chi connectivity index (χ1) is 12.3. The Balaban J connectivity index is 1.29. The van der Waals surface area contributed by atoms with E-state index in [2.05, 4.69) is 20.6 Å². The van der Waals surface area contributed by atoms with Gasteiger partial charge in [-0.05, 0) is 25.0 Å². The molecule has 1 unspecified atom stereocenters. The first-order valence-electron chi connectivity index (χ1n) is 8.50. The van der Waals surface area contributed by atoms with E-state index >= 15 is 0 Å². The molecule has 0 radical (unpaired) electrons. The molecule has 1 amide bonds. The van der Waals surface area contributed by atoms with E-state index in [4.69, 9.17) is 4.74 Å². The summed E-state index contributed by atoms with van der Waals surface area (Å²) in [6, 6.07) is 5.86. The van der Waals surface area contributed by atoms with E-state index in [0.717, 1.165) is 30.8 Å². The number of imidazole rings is 1. The first kappa shape index (κ1) is 15.8.